The maximum absolute atomic E-state index is 14.9. The van der Waals surface area contributed by atoms with Crippen LogP contribution in [0.4, 0.5) is 4.39 Å². The van der Waals surface area contributed by atoms with E-state index < -0.39 is 5.82 Å². The van der Waals surface area contributed by atoms with Crippen molar-refractivity contribution in [2.24, 2.45) is 5.92 Å². The minimum atomic E-state index is -0.501. The Labute approximate surface area is 218 Å². The summed E-state index contributed by atoms with van der Waals surface area (Å²) in [7, 11) is 0. The normalized spacial score (nSPS) is 15.3. The van der Waals surface area contributed by atoms with E-state index in [0.717, 1.165) is 59.6 Å². The zero-order chi connectivity index (χ0) is 25.4. The fourth-order valence-corrected chi connectivity index (χ4v) is 5.73. The molecule has 188 valence electrons. The van der Waals surface area contributed by atoms with Crippen molar-refractivity contribution in [2.75, 3.05) is 13.1 Å². The van der Waals surface area contributed by atoms with Gasteiger partial charge in [-0.25, -0.2) is 4.39 Å². The van der Waals surface area contributed by atoms with E-state index in [1.54, 1.807) is 30.6 Å². The van der Waals surface area contributed by atoms with Crippen molar-refractivity contribution in [1.82, 2.24) is 14.9 Å². The summed E-state index contributed by atoms with van der Waals surface area (Å²) in [5, 5.41) is 0. The van der Waals surface area contributed by atoms with Crippen LogP contribution in [0.2, 0.25) is 0 Å². The minimum absolute atomic E-state index is 0.0190. The molecule has 1 saturated heterocycles. The lowest BCUT2D eigenvalue weighted by Crippen LogP contribution is -2.27. The van der Waals surface area contributed by atoms with Gasteiger partial charge < -0.3 is 9.64 Å². The second-order valence-corrected chi connectivity index (χ2v) is 10.8. The topological polar surface area (TPSA) is 72.4 Å². The number of hydrogen-bond donors (Lipinski definition) is 0. The molecule has 4 aromatic rings. The molecular weight excluding hydrogens is 489 g/mol. The maximum Gasteiger partial charge on any atom is 0.255 e. The molecule has 1 aliphatic carbocycles. The van der Waals surface area contributed by atoms with Gasteiger partial charge in [0, 0.05) is 44.4 Å². The van der Waals surface area contributed by atoms with Gasteiger partial charge >= 0.3 is 0 Å². The molecule has 1 saturated carbocycles. The number of likely N-dealkylation sites (tertiary alicyclic amines) is 1. The van der Waals surface area contributed by atoms with Crippen molar-refractivity contribution in [1.29, 1.82) is 0 Å². The number of carbonyl (C=O) groups is 2. The SMILES string of the molecule is O=C(Cc1ccc(Oc2ccnc3cc(-c4ccc(C(=O)N5CCCC5)cn4)sc23)c(F)c1)CC1CC1. The summed E-state index contributed by atoms with van der Waals surface area (Å²) in [6.07, 6.45) is 8.42. The van der Waals surface area contributed by atoms with Gasteiger partial charge in [-0.2, -0.15) is 0 Å². The summed E-state index contributed by atoms with van der Waals surface area (Å²) in [5.41, 5.74) is 2.70. The minimum Gasteiger partial charge on any atom is -0.453 e. The largest absolute Gasteiger partial charge is 0.453 e. The molecule has 37 heavy (non-hydrogen) atoms. The highest BCUT2D eigenvalue weighted by Crippen LogP contribution is 2.39. The van der Waals surface area contributed by atoms with E-state index in [1.807, 2.05) is 23.1 Å². The van der Waals surface area contributed by atoms with Crippen LogP contribution in [0.5, 0.6) is 11.5 Å². The van der Waals surface area contributed by atoms with Crippen LogP contribution in [-0.4, -0.2) is 39.6 Å². The molecule has 8 heteroatoms. The second kappa shape index (κ2) is 10.0. The number of carbonyl (C=O) groups excluding carboxylic acids is 2. The number of nitrogens with zero attached hydrogens (tertiary/aromatic N) is 3. The van der Waals surface area contributed by atoms with Crippen molar-refractivity contribution in [3.05, 3.63) is 71.8 Å². The number of ketones is 1. The number of amides is 1. The fourth-order valence-electron chi connectivity index (χ4n) is 4.69. The lowest BCUT2D eigenvalue weighted by Gasteiger charge is -2.14. The zero-order valence-electron chi connectivity index (χ0n) is 20.3. The van der Waals surface area contributed by atoms with Gasteiger partial charge in [-0.1, -0.05) is 6.07 Å². The predicted molar refractivity (Wildman–Crippen MR) is 141 cm³/mol. The summed E-state index contributed by atoms with van der Waals surface area (Å²) in [4.78, 5) is 36.5. The van der Waals surface area contributed by atoms with Crippen molar-refractivity contribution < 1.29 is 18.7 Å². The van der Waals surface area contributed by atoms with Gasteiger partial charge in [0.2, 0.25) is 0 Å². The van der Waals surface area contributed by atoms with E-state index in [1.165, 1.54) is 17.4 Å². The van der Waals surface area contributed by atoms with E-state index in [-0.39, 0.29) is 23.9 Å². The standard InChI is InChI=1S/C29H26FN3O3S/c30-22-15-19(14-21(34)13-18-3-4-18)5-8-25(22)36-26-9-10-31-24-16-27(37-28(24)26)23-7-6-20(17-32-23)29(35)33-11-1-2-12-33/h5-10,15-18H,1-4,11-14H2. The summed E-state index contributed by atoms with van der Waals surface area (Å²) in [6.45, 7) is 1.60. The molecule has 0 N–H and O–H groups in total. The Balaban J connectivity index is 1.20. The Morgan fingerprint density at radius 3 is 2.59 bits per heavy atom. The van der Waals surface area contributed by atoms with Crippen LogP contribution in [-0.2, 0) is 11.2 Å². The van der Waals surface area contributed by atoms with Gasteiger partial charge in [-0.15, -0.1) is 11.3 Å². The first kappa shape index (κ1) is 23.7. The monoisotopic (exact) mass is 515 g/mol. The average molecular weight is 516 g/mol. The molecule has 0 atom stereocenters. The van der Waals surface area contributed by atoms with E-state index in [0.29, 0.717) is 29.2 Å². The third kappa shape index (κ3) is 5.25. The van der Waals surface area contributed by atoms with Crippen molar-refractivity contribution >= 4 is 33.2 Å². The molecule has 0 unspecified atom stereocenters. The molecule has 6 nitrogen and oxygen atoms in total. The van der Waals surface area contributed by atoms with Crippen molar-refractivity contribution in [3.8, 4) is 22.1 Å². The Morgan fingerprint density at radius 2 is 1.86 bits per heavy atom. The summed E-state index contributed by atoms with van der Waals surface area (Å²) in [6, 6.07) is 12.0. The molecule has 4 heterocycles. The lowest BCUT2D eigenvalue weighted by atomic mass is 10.0. The number of ether oxygens (including phenoxy) is 1. The van der Waals surface area contributed by atoms with Gasteiger partial charge in [-0.05, 0) is 67.5 Å². The first-order valence-corrected chi connectivity index (χ1v) is 13.5. The number of rotatable bonds is 8. The highest BCUT2D eigenvalue weighted by molar-refractivity contribution is 7.22. The number of aromatic nitrogens is 2. The second-order valence-electron chi connectivity index (χ2n) is 9.80. The molecule has 0 bridgehead atoms. The Kier molecular flexibility index (Phi) is 6.42. The molecule has 2 aliphatic rings. The molecular formula is C29H26FN3O3S. The molecule has 2 fully saturated rings. The summed E-state index contributed by atoms with van der Waals surface area (Å²) < 4.78 is 21.6. The Morgan fingerprint density at radius 1 is 1.03 bits per heavy atom. The van der Waals surface area contributed by atoms with Crippen LogP contribution in [0.3, 0.4) is 0 Å². The van der Waals surface area contributed by atoms with Gasteiger partial charge in [0.15, 0.2) is 11.6 Å². The van der Waals surface area contributed by atoms with Crippen LogP contribution < -0.4 is 4.74 Å². The van der Waals surface area contributed by atoms with E-state index in [4.69, 9.17) is 4.74 Å². The number of fused-ring (bicyclic) bond motifs is 1. The first-order valence-electron chi connectivity index (χ1n) is 12.7. The molecule has 0 radical (unpaired) electrons. The number of Topliss-reactive ketones (excluding diaryl/α,β-unsaturated/α-hetero) is 1. The number of thiophene rings is 1. The van der Waals surface area contributed by atoms with Crippen molar-refractivity contribution in [3.63, 3.8) is 0 Å². The van der Waals surface area contributed by atoms with Crippen LogP contribution in [0, 0.1) is 11.7 Å². The van der Waals surface area contributed by atoms with E-state index in [2.05, 4.69) is 9.97 Å². The van der Waals surface area contributed by atoms with E-state index in [9.17, 15) is 14.0 Å². The van der Waals surface area contributed by atoms with Crippen LogP contribution in [0.25, 0.3) is 20.8 Å². The maximum atomic E-state index is 14.9. The highest BCUT2D eigenvalue weighted by Gasteiger charge is 2.24. The predicted octanol–water partition coefficient (Wildman–Crippen LogP) is 6.44. The third-order valence-corrected chi connectivity index (χ3v) is 8.02. The quantitative estimate of drug-likeness (QED) is 0.270. The molecule has 0 spiro atoms. The van der Waals surface area contributed by atoms with Gasteiger partial charge in [0.25, 0.3) is 5.91 Å². The summed E-state index contributed by atoms with van der Waals surface area (Å²) in [5.74, 6) is 0.793. The fraction of sp³-hybridized carbons (Fsp3) is 0.310. The Hall–Kier alpha value is -3.65. The first-order chi connectivity index (χ1) is 18.0. The number of pyridine rings is 2. The molecule has 1 amide bonds. The lowest BCUT2D eigenvalue weighted by molar-refractivity contribution is -0.118. The number of benzene rings is 1. The van der Waals surface area contributed by atoms with Crippen LogP contribution in [0.15, 0.2) is 54.9 Å². The number of hydrogen-bond acceptors (Lipinski definition) is 6. The number of halogens is 1. The molecule has 1 aromatic carbocycles. The molecule has 6 rings (SSSR count). The van der Waals surface area contributed by atoms with Gasteiger partial charge in [0.05, 0.1) is 26.4 Å². The van der Waals surface area contributed by atoms with Crippen molar-refractivity contribution in [2.45, 2.75) is 38.5 Å². The zero-order valence-corrected chi connectivity index (χ0v) is 21.1. The molecule has 1 aliphatic heterocycles. The Bertz CT molecular complexity index is 1470. The smallest absolute Gasteiger partial charge is 0.255 e. The third-order valence-electron chi connectivity index (χ3n) is 6.86. The van der Waals surface area contributed by atoms with E-state index >= 15 is 0 Å². The van der Waals surface area contributed by atoms with Crippen LogP contribution in [0.1, 0.15) is 48.0 Å². The van der Waals surface area contributed by atoms with Gasteiger partial charge in [0.1, 0.15) is 11.5 Å². The molecule has 3 aromatic heterocycles. The van der Waals surface area contributed by atoms with Gasteiger partial charge in [-0.3, -0.25) is 19.6 Å². The summed E-state index contributed by atoms with van der Waals surface area (Å²) >= 11 is 1.45. The highest BCUT2D eigenvalue weighted by atomic mass is 32.1. The van der Waals surface area contributed by atoms with Crippen LogP contribution >= 0.6 is 11.3 Å². The average Bonchev–Trinajstić information content (AvgIpc) is 3.36.